The molecule has 0 spiro atoms. The predicted molar refractivity (Wildman–Crippen MR) is 81.9 cm³/mol. The summed E-state index contributed by atoms with van der Waals surface area (Å²) < 4.78 is 15.1. The summed E-state index contributed by atoms with van der Waals surface area (Å²) in [6.07, 6.45) is 0. The second-order valence-corrected chi connectivity index (χ2v) is 4.77. The van der Waals surface area contributed by atoms with Crippen molar-refractivity contribution in [2.24, 2.45) is 5.92 Å². The number of nitrogens with zero attached hydrogens (tertiary/aromatic N) is 1. The zero-order valence-corrected chi connectivity index (χ0v) is 13.6. The van der Waals surface area contributed by atoms with Crippen LogP contribution in [-0.2, 0) is 14.3 Å². The minimum Gasteiger partial charge on any atom is -0.496 e. The Bertz CT molecular complexity index is 593. The van der Waals surface area contributed by atoms with Gasteiger partial charge in [0.2, 0.25) is 6.54 Å². The summed E-state index contributed by atoms with van der Waals surface area (Å²) in [5, 5.41) is 20.5. The van der Waals surface area contributed by atoms with Crippen molar-refractivity contribution in [3.8, 4) is 11.5 Å². The lowest BCUT2D eigenvalue weighted by molar-refractivity contribution is -0.484. The normalized spacial score (nSPS) is 12.8. The number of nitro groups is 1. The first-order valence-corrected chi connectivity index (χ1v) is 7.09. The molecule has 2 atom stereocenters. The molecule has 0 bridgehead atoms. The number of esters is 1. The molecule has 0 heterocycles. The van der Waals surface area contributed by atoms with Gasteiger partial charge in [-0.1, -0.05) is 6.07 Å². The second-order valence-electron chi connectivity index (χ2n) is 4.77. The van der Waals surface area contributed by atoms with Crippen molar-refractivity contribution in [1.29, 1.82) is 0 Å². The molecule has 132 valence electrons. The number of benzene rings is 1. The molecule has 24 heavy (non-hydrogen) atoms. The fraction of sp³-hybridized carbons (Fsp3) is 0.467. The fourth-order valence-electron chi connectivity index (χ4n) is 2.44. The van der Waals surface area contributed by atoms with E-state index in [0.29, 0.717) is 0 Å². The van der Waals surface area contributed by atoms with E-state index in [1.54, 1.807) is 6.07 Å². The number of carbonyl (C=O) groups is 2. The van der Waals surface area contributed by atoms with E-state index in [1.165, 1.54) is 33.3 Å². The molecule has 0 aliphatic carbocycles. The quantitative estimate of drug-likeness (QED) is 0.308. The fourth-order valence-corrected chi connectivity index (χ4v) is 2.44. The van der Waals surface area contributed by atoms with E-state index >= 15 is 0 Å². The Kier molecular flexibility index (Phi) is 6.97. The van der Waals surface area contributed by atoms with Gasteiger partial charge in [0.15, 0.2) is 5.92 Å². The monoisotopic (exact) mass is 341 g/mol. The Morgan fingerprint density at radius 3 is 2.17 bits per heavy atom. The average Bonchev–Trinajstić information content (AvgIpc) is 2.52. The maximum atomic E-state index is 12.1. The van der Waals surface area contributed by atoms with Crippen LogP contribution in [0.3, 0.4) is 0 Å². The highest BCUT2D eigenvalue weighted by atomic mass is 16.6. The number of methoxy groups -OCH3 is 2. The van der Waals surface area contributed by atoms with E-state index < -0.39 is 35.2 Å². The second kappa shape index (κ2) is 8.70. The summed E-state index contributed by atoms with van der Waals surface area (Å²) in [5.74, 6) is -5.27. The first-order valence-electron chi connectivity index (χ1n) is 7.09. The Labute approximate surface area is 138 Å². The molecule has 1 unspecified atom stereocenters. The minimum absolute atomic E-state index is 0.0448. The molecule has 0 saturated carbocycles. The first-order chi connectivity index (χ1) is 11.4. The lowest BCUT2D eigenvalue weighted by Gasteiger charge is -2.23. The molecule has 0 fully saturated rings. The van der Waals surface area contributed by atoms with Crippen molar-refractivity contribution in [2.75, 3.05) is 27.4 Å². The van der Waals surface area contributed by atoms with Crippen LogP contribution in [0.5, 0.6) is 11.5 Å². The number of carboxylic acids is 1. The van der Waals surface area contributed by atoms with Crippen LogP contribution >= 0.6 is 0 Å². The van der Waals surface area contributed by atoms with Crippen LogP contribution in [0.1, 0.15) is 18.4 Å². The Hall–Kier alpha value is -2.84. The molecule has 1 rings (SSSR count). The van der Waals surface area contributed by atoms with E-state index in [4.69, 9.17) is 14.2 Å². The lowest BCUT2D eigenvalue weighted by atomic mass is 9.84. The molecule has 0 amide bonds. The zero-order valence-electron chi connectivity index (χ0n) is 13.6. The smallest absolute Gasteiger partial charge is 0.321 e. The number of hydrogen-bond donors (Lipinski definition) is 1. The molecule has 0 aliphatic heterocycles. The van der Waals surface area contributed by atoms with Gasteiger partial charge in [0.05, 0.1) is 26.7 Å². The molecule has 0 aromatic heterocycles. The lowest BCUT2D eigenvalue weighted by Crippen LogP contribution is -2.35. The van der Waals surface area contributed by atoms with Gasteiger partial charge in [-0.15, -0.1) is 0 Å². The average molecular weight is 341 g/mol. The highest BCUT2D eigenvalue weighted by Gasteiger charge is 2.43. The maximum absolute atomic E-state index is 12.1. The van der Waals surface area contributed by atoms with Gasteiger partial charge in [-0.25, -0.2) is 0 Å². The number of rotatable bonds is 9. The highest BCUT2D eigenvalue weighted by Crippen LogP contribution is 2.39. The Morgan fingerprint density at radius 2 is 1.79 bits per heavy atom. The van der Waals surface area contributed by atoms with E-state index in [9.17, 15) is 24.8 Å². The van der Waals surface area contributed by atoms with Crippen molar-refractivity contribution in [1.82, 2.24) is 0 Å². The van der Waals surface area contributed by atoms with Crippen LogP contribution < -0.4 is 9.47 Å². The Morgan fingerprint density at radius 1 is 1.25 bits per heavy atom. The van der Waals surface area contributed by atoms with Crippen LogP contribution in [-0.4, -0.2) is 49.3 Å². The molecule has 0 radical (unpaired) electrons. The van der Waals surface area contributed by atoms with E-state index in [2.05, 4.69) is 0 Å². The van der Waals surface area contributed by atoms with Crippen LogP contribution in [0.4, 0.5) is 0 Å². The largest absolute Gasteiger partial charge is 0.496 e. The number of hydrogen-bond acceptors (Lipinski definition) is 7. The van der Waals surface area contributed by atoms with Gasteiger partial charge in [0.1, 0.15) is 11.5 Å². The molecular weight excluding hydrogens is 322 g/mol. The summed E-state index contributed by atoms with van der Waals surface area (Å²) in [4.78, 5) is 34.1. The third kappa shape index (κ3) is 4.34. The third-order valence-electron chi connectivity index (χ3n) is 3.39. The van der Waals surface area contributed by atoms with Gasteiger partial charge in [-0.05, 0) is 19.1 Å². The Balaban J connectivity index is 3.53. The number of carboxylic acid groups (broad SMARTS) is 1. The van der Waals surface area contributed by atoms with E-state index in [0.717, 1.165) is 0 Å². The van der Waals surface area contributed by atoms with Gasteiger partial charge < -0.3 is 19.3 Å². The van der Waals surface area contributed by atoms with Crippen molar-refractivity contribution >= 4 is 11.9 Å². The van der Waals surface area contributed by atoms with Gasteiger partial charge in [0.25, 0.3) is 0 Å². The van der Waals surface area contributed by atoms with Gasteiger partial charge >= 0.3 is 11.9 Å². The van der Waals surface area contributed by atoms with Crippen LogP contribution in [0.2, 0.25) is 0 Å². The van der Waals surface area contributed by atoms with E-state index in [1.807, 2.05) is 0 Å². The van der Waals surface area contributed by atoms with Gasteiger partial charge in [0, 0.05) is 10.5 Å². The summed E-state index contributed by atoms with van der Waals surface area (Å²) in [6, 6.07) is 4.61. The summed E-state index contributed by atoms with van der Waals surface area (Å²) in [5.41, 5.74) is 0.139. The molecule has 9 heteroatoms. The van der Waals surface area contributed by atoms with Gasteiger partial charge in [-0.2, -0.15) is 0 Å². The summed E-state index contributed by atoms with van der Waals surface area (Å²) in [6.45, 7) is 0.673. The molecule has 0 aliphatic rings. The number of carbonyl (C=O) groups excluding carboxylic acids is 1. The van der Waals surface area contributed by atoms with Crippen LogP contribution in [0, 0.1) is 16.0 Å². The van der Waals surface area contributed by atoms with Gasteiger partial charge in [-0.3, -0.25) is 19.7 Å². The molecule has 0 saturated heterocycles. The van der Waals surface area contributed by atoms with Crippen molar-refractivity contribution in [2.45, 2.75) is 12.8 Å². The minimum atomic E-state index is -1.76. The number of aliphatic carboxylic acids is 1. The predicted octanol–water partition coefficient (Wildman–Crippen LogP) is 1.33. The van der Waals surface area contributed by atoms with Crippen molar-refractivity contribution in [3.05, 3.63) is 33.9 Å². The van der Waals surface area contributed by atoms with Crippen LogP contribution in [0.15, 0.2) is 18.2 Å². The summed E-state index contributed by atoms with van der Waals surface area (Å²) in [7, 11) is 2.67. The highest BCUT2D eigenvalue weighted by molar-refractivity contribution is 5.95. The van der Waals surface area contributed by atoms with Crippen LogP contribution in [0.25, 0.3) is 0 Å². The number of ether oxygens (including phenoxy) is 3. The third-order valence-corrected chi connectivity index (χ3v) is 3.39. The molecule has 1 aromatic carbocycles. The van der Waals surface area contributed by atoms with Crippen molar-refractivity contribution < 1.29 is 33.8 Å². The molecule has 1 N–H and O–H groups in total. The topological polar surface area (TPSA) is 125 Å². The SMILES string of the molecule is CCOC(=O)[C@H](C(=O)O)C(C[N+](=O)[O-])c1c(OC)cccc1OC. The zero-order chi connectivity index (χ0) is 18.3. The summed E-state index contributed by atoms with van der Waals surface area (Å²) >= 11 is 0. The molecule has 1 aromatic rings. The van der Waals surface area contributed by atoms with Crippen molar-refractivity contribution in [3.63, 3.8) is 0 Å². The van der Waals surface area contributed by atoms with E-state index in [-0.39, 0.29) is 23.7 Å². The maximum Gasteiger partial charge on any atom is 0.321 e. The standard InChI is InChI=1S/C15H19NO8/c1-4-24-15(19)13(14(17)18)9(8-16(20)21)12-10(22-2)6-5-7-11(12)23-3/h5-7,9,13H,4,8H2,1-3H3,(H,17,18)/t9?,13-/m0/s1. The molecule has 9 nitrogen and oxygen atoms in total. The molecular formula is C15H19NO8. The first kappa shape index (κ1) is 19.2.